The Labute approximate surface area is 167 Å². The number of hydrogen-bond acceptors (Lipinski definition) is 5. The van der Waals surface area contributed by atoms with E-state index in [1.165, 1.54) is 14.0 Å². The highest BCUT2D eigenvalue weighted by Gasteiger charge is 2.18. The van der Waals surface area contributed by atoms with Gasteiger partial charge in [-0.1, -0.05) is 35.9 Å². The summed E-state index contributed by atoms with van der Waals surface area (Å²) in [5, 5.41) is 5.70. The molecule has 0 saturated heterocycles. The summed E-state index contributed by atoms with van der Waals surface area (Å²) in [5.74, 6) is -0.942. The summed E-state index contributed by atoms with van der Waals surface area (Å²) in [5.41, 5.74) is 5.44. The number of hydrogen-bond donors (Lipinski definition) is 4. The number of rotatable bonds is 7. The maximum Gasteiger partial charge on any atom is 0.260 e. The molecule has 148 valence electrons. The minimum absolute atomic E-state index is 0.0823. The number of ether oxygens (including phenoxy) is 1. The van der Waals surface area contributed by atoms with E-state index in [4.69, 9.17) is 16.3 Å². The quantitative estimate of drug-likeness (QED) is 0.525. The number of carbonyl (C=O) groups is 3. The summed E-state index contributed by atoms with van der Waals surface area (Å²) < 4.78 is 5.18. The average Bonchev–Trinajstić information content (AvgIpc) is 2.70. The number of benzene rings is 2. The number of hydrazine groups is 1. The van der Waals surface area contributed by atoms with Crippen LogP contribution in [0, 0.1) is 0 Å². The second-order valence-electron chi connectivity index (χ2n) is 5.77. The second kappa shape index (κ2) is 10.2. The Morgan fingerprint density at radius 3 is 2.43 bits per heavy atom. The van der Waals surface area contributed by atoms with E-state index in [0.717, 1.165) is 0 Å². The Hall–Kier alpha value is -3.26. The van der Waals surface area contributed by atoms with Crippen molar-refractivity contribution < 1.29 is 19.1 Å². The number of halogens is 1. The van der Waals surface area contributed by atoms with E-state index in [-0.39, 0.29) is 17.1 Å². The summed E-state index contributed by atoms with van der Waals surface area (Å²) in [6.07, 6.45) is 0. The minimum Gasteiger partial charge on any atom is -0.495 e. The molecule has 8 nitrogen and oxygen atoms in total. The van der Waals surface area contributed by atoms with Crippen LogP contribution in [0.1, 0.15) is 17.3 Å². The highest BCUT2D eigenvalue weighted by atomic mass is 35.5. The zero-order valence-electron chi connectivity index (χ0n) is 15.4. The lowest BCUT2D eigenvalue weighted by molar-refractivity contribution is -0.128. The van der Waals surface area contributed by atoms with E-state index >= 15 is 0 Å². The van der Waals surface area contributed by atoms with Crippen molar-refractivity contribution in [1.29, 1.82) is 0 Å². The third kappa shape index (κ3) is 5.88. The van der Waals surface area contributed by atoms with Crippen molar-refractivity contribution in [3.05, 3.63) is 59.1 Å². The Kier molecular flexibility index (Phi) is 7.65. The Bertz CT molecular complexity index is 859. The summed E-state index contributed by atoms with van der Waals surface area (Å²) in [4.78, 5) is 36.1. The molecule has 3 amide bonds. The zero-order chi connectivity index (χ0) is 20.5. The zero-order valence-corrected chi connectivity index (χ0v) is 16.2. The minimum atomic E-state index is -0.883. The normalized spacial score (nSPS) is 11.1. The summed E-state index contributed by atoms with van der Waals surface area (Å²) in [6.45, 7) is 1.41. The molecule has 2 rings (SSSR count). The van der Waals surface area contributed by atoms with Crippen molar-refractivity contribution in [3.8, 4) is 5.75 Å². The SMILES string of the molecule is COc1ccccc1NCC(=O)NNC(=O)[C@@H](C)NC(=O)c1ccccc1Cl. The maximum atomic E-state index is 12.2. The number of anilines is 1. The molecule has 0 aliphatic heterocycles. The van der Waals surface area contributed by atoms with Crippen molar-refractivity contribution in [2.45, 2.75) is 13.0 Å². The predicted octanol–water partition coefficient (Wildman–Crippen LogP) is 1.73. The molecule has 28 heavy (non-hydrogen) atoms. The molecule has 0 aliphatic carbocycles. The third-order valence-electron chi connectivity index (χ3n) is 3.73. The van der Waals surface area contributed by atoms with E-state index in [2.05, 4.69) is 21.5 Å². The van der Waals surface area contributed by atoms with Gasteiger partial charge in [-0.15, -0.1) is 0 Å². The van der Waals surface area contributed by atoms with Crippen LogP contribution in [0.3, 0.4) is 0 Å². The molecule has 0 fully saturated rings. The molecule has 2 aromatic rings. The first-order valence-corrected chi connectivity index (χ1v) is 8.81. The number of nitrogens with one attached hydrogen (secondary N) is 4. The van der Waals surface area contributed by atoms with Crippen molar-refractivity contribution in [1.82, 2.24) is 16.2 Å². The molecule has 0 radical (unpaired) electrons. The molecular formula is C19H21ClN4O4. The van der Waals surface area contributed by atoms with Gasteiger partial charge in [0.15, 0.2) is 0 Å². The average molecular weight is 405 g/mol. The third-order valence-corrected chi connectivity index (χ3v) is 4.06. The first-order valence-electron chi connectivity index (χ1n) is 8.43. The molecule has 9 heteroatoms. The fourth-order valence-corrected chi connectivity index (χ4v) is 2.46. The molecule has 1 atom stereocenters. The van der Waals surface area contributed by atoms with Crippen LogP contribution in [0.2, 0.25) is 5.02 Å². The second-order valence-corrected chi connectivity index (χ2v) is 6.17. The molecule has 0 saturated carbocycles. The summed E-state index contributed by atoms with van der Waals surface area (Å²) >= 11 is 5.96. The fourth-order valence-electron chi connectivity index (χ4n) is 2.24. The maximum absolute atomic E-state index is 12.2. The van der Waals surface area contributed by atoms with E-state index in [9.17, 15) is 14.4 Å². The molecule has 0 spiro atoms. The van der Waals surface area contributed by atoms with Crippen LogP contribution in [0.25, 0.3) is 0 Å². The molecule has 4 N–H and O–H groups in total. The van der Waals surface area contributed by atoms with Gasteiger partial charge in [-0.2, -0.15) is 0 Å². The van der Waals surface area contributed by atoms with E-state index in [1.54, 1.807) is 42.5 Å². The van der Waals surface area contributed by atoms with Crippen molar-refractivity contribution in [2.75, 3.05) is 19.0 Å². The van der Waals surface area contributed by atoms with Crippen molar-refractivity contribution >= 4 is 35.0 Å². The Balaban J connectivity index is 1.78. The highest BCUT2D eigenvalue weighted by molar-refractivity contribution is 6.33. The van der Waals surface area contributed by atoms with Gasteiger partial charge in [-0.05, 0) is 31.2 Å². The van der Waals surface area contributed by atoms with Crippen LogP contribution < -0.4 is 26.2 Å². The molecular weight excluding hydrogens is 384 g/mol. The predicted molar refractivity (Wildman–Crippen MR) is 106 cm³/mol. The van der Waals surface area contributed by atoms with Gasteiger partial charge in [-0.25, -0.2) is 0 Å². The first-order chi connectivity index (χ1) is 13.4. The Morgan fingerprint density at radius 2 is 1.71 bits per heavy atom. The molecule has 0 aliphatic rings. The van der Waals surface area contributed by atoms with Gasteiger partial charge < -0.3 is 15.4 Å². The van der Waals surface area contributed by atoms with Crippen LogP contribution in [0.5, 0.6) is 5.75 Å². The van der Waals surface area contributed by atoms with Gasteiger partial charge in [-0.3, -0.25) is 25.2 Å². The van der Waals surface area contributed by atoms with Crippen LogP contribution in [0.4, 0.5) is 5.69 Å². The molecule has 0 aromatic heterocycles. The van der Waals surface area contributed by atoms with Gasteiger partial charge in [0.2, 0.25) is 0 Å². The van der Waals surface area contributed by atoms with Crippen molar-refractivity contribution in [2.24, 2.45) is 0 Å². The van der Waals surface area contributed by atoms with Crippen LogP contribution in [0.15, 0.2) is 48.5 Å². The number of carbonyl (C=O) groups excluding carboxylic acids is 3. The molecule has 2 aromatic carbocycles. The topological polar surface area (TPSA) is 109 Å². The number of amides is 3. The fraction of sp³-hybridized carbons (Fsp3) is 0.211. The largest absolute Gasteiger partial charge is 0.495 e. The van der Waals surface area contributed by atoms with Crippen LogP contribution >= 0.6 is 11.6 Å². The molecule has 0 heterocycles. The van der Waals surface area contributed by atoms with Crippen molar-refractivity contribution in [3.63, 3.8) is 0 Å². The van der Waals surface area contributed by atoms with E-state index < -0.39 is 23.8 Å². The monoisotopic (exact) mass is 404 g/mol. The molecule has 0 unspecified atom stereocenters. The Morgan fingerprint density at radius 1 is 1.04 bits per heavy atom. The van der Waals surface area contributed by atoms with Gasteiger partial charge in [0, 0.05) is 0 Å². The molecule has 0 bridgehead atoms. The van der Waals surface area contributed by atoms with Crippen LogP contribution in [-0.2, 0) is 9.59 Å². The van der Waals surface area contributed by atoms with E-state index in [1.807, 2.05) is 6.07 Å². The number of para-hydroxylation sites is 2. The highest BCUT2D eigenvalue weighted by Crippen LogP contribution is 2.22. The smallest absolute Gasteiger partial charge is 0.260 e. The number of methoxy groups -OCH3 is 1. The summed E-state index contributed by atoms with van der Waals surface area (Å²) in [7, 11) is 1.53. The lowest BCUT2D eigenvalue weighted by Gasteiger charge is -2.15. The standard InChI is InChI=1S/C19H21ClN4O4/c1-12(22-19(27)13-7-3-4-8-14(13)20)18(26)24-23-17(25)11-21-15-9-5-6-10-16(15)28-2/h3-10,12,21H,11H2,1-2H3,(H,22,27)(H,23,25)(H,24,26)/t12-/m1/s1. The van der Waals surface area contributed by atoms with Gasteiger partial charge in [0.1, 0.15) is 11.8 Å². The lowest BCUT2D eigenvalue weighted by Crippen LogP contribution is -2.52. The van der Waals surface area contributed by atoms with Gasteiger partial charge in [0.05, 0.1) is 29.9 Å². The van der Waals surface area contributed by atoms with E-state index in [0.29, 0.717) is 11.4 Å². The summed E-state index contributed by atoms with van der Waals surface area (Å²) in [6, 6.07) is 12.7. The van der Waals surface area contributed by atoms with Crippen LogP contribution in [-0.4, -0.2) is 37.4 Å². The first kappa shape index (κ1) is 21.0. The van der Waals surface area contributed by atoms with Gasteiger partial charge >= 0.3 is 0 Å². The lowest BCUT2D eigenvalue weighted by atomic mass is 10.2. The van der Waals surface area contributed by atoms with Gasteiger partial charge in [0.25, 0.3) is 17.7 Å².